The Morgan fingerprint density at radius 2 is 1.45 bits per heavy atom. The Bertz CT molecular complexity index is 746. The van der Waals surface area contributed by atoms with Crippen molar-refractivity contribution < 1.29 is 4.79 Å². The van der Waals surface area contributed by atoms with Gasteiger partial charge in [0.1, 0.15) is 0 Å². The first-order valence-electron chi connectivity index (χ1n) is 7.72. The van der Waals surface area contributed by atoms with Crippen molar-refractivity contribution in [1.29, 1.82) is 0 Å². The van der Waals surface area contributed by atoms with E-state index in [0.29, 0.717) is 0 Å². The van der Waals surface area contributed by atoms with Crippen LogP contribution in [0.5, 0.6) is 0 Å². The third-order valence-corrected chi connectivity index (χ3v) is 4.39. The lowest BCUT2D eigenvalue weighted by Crippen LogP contribution is -2.01. The van der Waals surface area contributed by atoms with Crippen molar-refractivity contribution >= 4 is 11.4 Å². The molecule has 1 aliphatic carbocycles. The molecule has 110 valence electrons. The zero-order valence-corrected chi connectivity index (χ0v) is 13.1. The monoisotopic (exact) mass is 288 g/mol. The van der Waals surface area contributed by atoms with Crippen LogP contribution in [0.3, 0.4) is 0 Å². The summed E-state index contributed by atoms with van der Waals surface area (Å²) in [6.07, 6.45) is 4.48. The van der Waals surface area contributed by atoms with Gasteiger partial charge in [-0.3, -0.25) is 4.79 Å². The fourth-order valence-corrected chi connectivity index (χ4v) is 2.80. The summed E-state index contributed by atoms with van der Waals surface area (Å²) in [7, 11) is 0. The first kappa shape index (κ1) is 14.5. The van der Waals surface area contributed by atoms with Crippen molar-refractivity contribution in [3.05, 3.63) is 88.5 Å². The van der Waals surface area contributed by atoms with E-state index in [2.05, 4.69) is 32.1 Å². The molecular formula is C21H20O. The number of hydrogen-bond donors (Lipinski definition) is 0. The van der Waals surface area contributed by atoms with Crippen molar-refractivity contribution in [2.24, 2.45) is 0 Å². The van der Waals surface area contributed by atoms with Gasteiger partial charge in [-0.05, 0) is 37.8 Å². The lowest BCUT2D eigenvalue weighted by atomic mass is 9.89. The predicted octanol–water partition coefficient (Wildman–Crippen LogP) is 5.43. The van der Waals surface area contributed by atoms with Gasteiger partial charge < -0.3 is 0 Å². The Labute approximate surface area is 132 Å². The third kappa shape index (κ3) is 2.94. The van der Waals surface area contributed by atoms with Crippen LogP contribution in [0.2, 0.25) is 0 Å². The van der Waals surface area contributed by atoms with E-state index in [4.69, 9.17) is 0 Å². The summed E-state index contributed by atoms with van der Waals surface area (Å²) in [6.45, 7) is 4.37. The molecule has 0 aromatic heterocycles. The number of carbonyl (C=O) groups is 1. The maximum absolute atomic E-state index is 12.4. The van der Waals surface area contributed by atoms with Crippen molar-refractivity contribution in [3.8, 4) is 0 Å². The predicted molar refractivity (Wildman–Crippen MR) is 91.9 cm³/mol. The van der Waals surface area contributed by atoms with Crippen LogP contribution >= 0.6 is 0 Å². The molecule has 0 N–H and O–H groups in total. The van der Waals surface area contributed by atoms with Gasteiger partial charge in [0.2, 0.25) is 0 Å². The largest absolute Gasteiger partial charge is 0.289 e. The van der Waals surface area contributed by atoms with E-state index in [-0.39, 0.29) is 5.78 Å². The summed E-state index contributed by atoms with van der Waals surface area (Å²) in [4.78, 5) is 12.4. The summed E-state index contributed by atoms with van der Waals surface area (Å²) >= 11 is 0. The smallest absolute Gasteiger partial charge is 0.193 e. The molecule has 0 radical (unpaired) electrons. The molecule has 2 aromatic rings. The van der Waals surface area contributed by atoms with E-state index >= 15 is 0 Å². The number of allylic oxidation sites excluding steroid dienone is 4. The van der Waals surface area contributed by atoms with E-state index in [1.165, 1.54) is 22.3 Å². The van der Waals surface area contributed by atoms with E-state index in [1.807, 2.05) is 42.5 Å². The fourth-order valence-electron chi connectivity index (χ4n) is 2.80. The van der Waals surface area contributed by atoms with Gasteiger partial charge in [0.15, 0.2) is 5.78 Å². The molecular weight excluding hydrogens is 268 g/mol. The van der Waals surface area contributed by atoms with Crippen LogP contribution in [-0.2, 0) is 0 Å². The SMILES string of the molecule is CC1=C(C)CCC(c2ccc(C(=O)c3ccccc3)cc2)=C1. The quantitative estimate of drug-likeness (QED) is 0.688. The number of rotatable bonds is 3. The van der Waals surface area contributed by atoms with Gasteiger partial charge >= 0.3 is 0 Å². The van der Waals surface area contributed by atoms with Crippen molar-refractivity contribution in [1.82, 2.24) is 0 Å². The van der Waals surface area contributed by atoms with Crippen LogP contribution in [0.4, 0.5) is 0 Å². The van der Waals surface area contributed by atoms with Crippen molar-refractivity contribution in [2.75, 3.05) is 0 Å². The maximum Gasteiger partial charge on any atom is 0.193 e. The van der Waals surface area contributed by atoms with Gasteiger partial charge in [-0.1, -0.05) is 71.8 Å². The first-order valence-corrected chi connectivity index (χ1v) is 7.72. The minimum absolute atomic E-state index is 0.0803. The second kappa shape index (κ2) is 6.15. The molecule has 1 heteroatoms. The van der Waals surface area contributed by atoms with Gasteiger partial charge in [-0.15, -0.1) is 0 Å². The van der Waals surface area contributed by atoms with Gasteiger partial charge in [0, 0.05) is 11.1 Å². The van der Waals surface area contributed by atoms with Crippen LogP contribution in [0.25, 0.3) is 5.57 Å². The highest BCUT2D eigenvalue weighted by Gasteiger charge is 2.11. The molecule has 0 saturated heterocycles. The third-order valence-electron chi connectivity index (χ3n) is 4.39. The standard InChI is InChI=1S/C21H20O/c1-15-8-9-20(14-16(15)2)17-10-12-19(13-11-17)21(22)18-6-4-3-5-7-18/h3-7,10-14H,8-9H2,1-2H3. The van der Waals surface area contributed by atoms with Crippen molar-refractivity contribution in [3.63, 3.8) is 0 Å². The summed E-state index contributed by atoms with van der Waals surface area (Å²) in [5.74, 6) is 0.0803. The Morgan fingerprint density at radius 1 is 0.818 bits per heavy atom. The highest BCUT2D eigenvalue weighted by Crippen LogP contribution is 2.30. The Kier molecular flexibility index (Phi) is 4.06. The molecule has 0 unspecified atom stereocenters. The second-order valence-corrected chi connectivity index (χ2v) is 5.91. The molecule has 2 aromatic carbocycles. The summed E-state index contributed by atoms with van der Waals surface area (Å²) < 4.78 is 0. The summed E-state index contributed by atoms with van der Waals surface area (Å²) in [6, 6.07) is 17.4. The zero-order valence-electron chi connectivity index (χ0n) is 13.1. The topological polar surface area (TPSA) is 17.1 Å². The molecule has 0 amide bonds. The average Bonchev–Trinajstić information content (AvgIpc) is 2.58. The molecule has 0 saturated carbocycles. The zero-order chi connectivity index (χ0) is 15.5. The Morgan fingerprint density at radius 3 is 2.09 bits per heavy atom. The fraction of sp³-hybridized carbons (Fsp3) is 0.190. The normalized spacial score (nSPS) is 14.7. The minimum Gasteiger partial charge on any atom is -0.289 e. The summed E-state index contributed by atoms with van der Waals surface area (Å²) in [5.41, 5.74) is 6.90. The molecule has 0 bridgehead atoms. The highest BCUT2D eigenvalue weighted by atomic mass is 16.1. The number of carbonyl (C=O) groups excluding carboxylic acids is 1. The molecule has 0 aliphatic heterocycles. The van der Waals surface area contributed by atoms with Gasteiger partial charge in [0.25, 0.3) is 0 Å². The lowest BCUT2D eigenvalue weighted by molar-refractivity contribution is 0.103. The van der Waals surface area contributed by atoms with E-state index in [9.17, 15) is 4.79 Å². The number of hydrogen-bond acceptors (Lipinski definition) is 1. The molecule has 22 heavy (non-hydrogen) atoms. The Hall–Kier alpha value is -2.41. The van der Waals surface area contributed by atoms with Crippen molar-refractivity contribution in [2.45, 2.75) is 26.7 Å². The van der Waals surface area contributed by atoms with Crippen LogP contribution in [0, 0.1) is 0 Å². The molecule has 0 atom stereocenters. The second-order valence-electron chi connectivity index (χ2n) is 5.91. The number of ketones is 1. The minimum atomic E-state index is 0.0803. The molecule has 3 rings (SSSR count). The van der Waals surface area contributed by atoms with Crippen LogP contribution in [0.15, 0.2) is 71.8 Å². The van der Waals surface area contributed by atoms with Crippen LogP contribution < -0.4 is 0 Å². The van der Waals surface area contributed by atoms with E-state index in [1.54, 1.807) is 0 Å². The van der Waals surface area contributed by atoms with Gasteiger partial charge in [0.05, 0.1) is 0 Å². The molecule has 0 fully saturated rings. The summed E-state index contributed by atoms with van der Waals surface area (Å²) in [5, 5.41) is 0. The van der Waals surface area contributed by atoms with Crippen LogP contribution in [0.1, 0.15) is 48.2 Å². The molecule has 1 aliphatic rings. The van der Waals surface area contributed by atoms with E-state index in [0.717, 1.165) is 24.0 Å². The van der Waals surface area contributed by atoms with Crippen LogP contribution in [-0.4, -0.2) is 5.78 Å². The van der Waals surface area contributed by atoms with E-state index < -0.39 is 0 Å². The average molecular weight is 288 g/mol. The lowest BCUT2D eigenvalue weighted by Gasteiger charge is -2.16. The highest BCUT2D eigenvalue weighted by molar-refractivity contribution is 6.09. The first-order chi connectivity index (χ1) is 10.6. The molecule has 0 spiro atoms. The van der Waals surface area contributed by atoms with Gasteiger partial charge in [-0.25, -0.2) is 0 Å². The number of benzene rings is 2. The Balaban J connectivity index is 1.85. The molecule has 0 heterocycles. The molecule has 1 nitrogen and oxygen atoms in total. The maximum atomic E-state index is 12.4. The van der Waals surface area contributed by atoms with Gasteiger partial charge in [-0.2, -0.15) is 0 Å².